The number of nitrogens with one attached hydrogen (secondary N) is 1. The van der Waals surface area contributed by atoms with E-state index in [4.69, 9.17) is 0 Å². The van der Waals surface area contributed by atoms with Crippen LogP contribution in [0.2, 0.25) is 0 Å². The zero-order valence-electron chi connectivity index (χ0n) is 11.6. The maximum atomic E-state index is 4.05. The fourth-order valence-electron chi connectivity index (χ4n) is 2.73. The standard InChI is InChI=1S/C15H25N3/c1-3-18-10-4-5-15(12-18)13(2)17-11-14-6-8-16-9-7-14/h6-9,13,15,17H,3-5,10-12H2,1-2H3. The Morgan fingerprint density at radius 3 is 2.94 bits per heavy atom. The van der Waals surface area contributed by atoms with Crippen LogP contribution in [0.1, 0.15) is 32.3 Å². The Morgan fingerprint density at radius 1 is 1.44 bits per heavy atom. The molecule has 0 aromatic carbocycles. The van der Waals surface area contributed by atoms with Crippen LogP contribution in [0.3, 0.4) is 0 Å². The number of rotatable bonds is 5. The number of aromatic nitrogens is 1. The van der Waals surface area contributed by atoms with Crippen molar-refractivity contribution in [1.82, 2.24) is 15.2 Å². The molecule has 2 rings (SSSR count). The average Bonchev–Trinajstić information content (AvgIpc) is 2.46. The lowest BCUT2D eigenvalue weighted by molar-refractivity contribution is 0.157. The summed E-state index contributed by atoms with van der Waals surface area (Å²) in [6, 6.07) is 4.75. The van der Waals surface area contributed by atoms with Crippen LogP contribution < -0.4 is 5.32 Å². The van der Waals surface area contributed by atoms with Gasteiger partial charge in [0.15, 0.2) is 0 Å². The van der Waals surface area contributed by atoms with Gasteiger partial charge < -0.3 is 10.2 Å². The van der Waals surface area contributed by atoms with Crippen molar-refractivity contribution in [3.8, 4) is 0 Å². The van der Waals surface area contributed by atoms with Gasteiger partial charge in [-0.05, 0) is 56.5 Å². The first-order chi connectivity index (χ1) is 8.79. The van der Waals surface area contributed by atoms with E-state index in [1.807, 2.05) is 12.4 Å². The molecule has 100 valence electrons. The molecular formula is C15H25N3. The van der Waals surface area contributed by atoms with Crippen LogP contribution in [-0.4, -0.2) is 35.6 Å². The molecule has 0 bridgehead atoms. The monoisotopic (exact) mass is 247 g/mol. The summed E-state index contributed by atoms with van der Waals surface area (Å²) in [5.74, 6) is 0.792. The predicted octanol–water partition coefficient (Wildman–Crippen LogP) is 2.29. The van der Waals surface area contributed by atoms with Gasteiger partial charge in [0.2, 0.25) is 0 Å². The second kappa shape index (κ2) is 6.86. The molecule has 0 aliphatic carbocycles. The second-order valence-corrected chi connectivity index (χ2v) is 5.32. The highest BCUT2D eigenvalue weighted by molar-refractivity contribution is 5.09. The van der Waals surface area contributed by atoms with Gasteiger partial charge in [0.1, 0.15) is 0 Å². The van der Waals surface area contributed by atoms with Crippen LogP contribution in [0.5, 0.6) is 0 Å². The van der Waals surface area contributed by atoms with Gasteiger partial charge in [0, 0.05) is 31.5 Å². The number of nitrogens with zero attached hydrogens (tertiary/aromatic N) is 2. The van der Waals surface area contributed by atoms with Crippen LogP contribution in [0, 0.1) is 5.92 Å². The fraction of sp³-hybridized carbons (Fsp3) is 0.667. The van der Waals surface area contributed by atoms with Crippen molar-refractivity contribution in [2.24, 2.45) is 5.92 Å². The summed E-state index contributed by atoms with van der Waals surface area (Å²) >= 11 is 0. The Hall–Kier alpha value is -0.930. The van der Waals surface area contributed by atoms with Gasteiger partial charge >= 0.3 is 0 Å². The van der Waals surface area contributed by atoms with Crippen LogP contribution in [-0.2, 0) is 6.54 Å². The second-order valence-electron chi connectivity index (χ2n) is 5.32. The first kappa shape index (κ1) is 13.5. The lowest BCUT2D eigenvalue weighted by Crippen LogP contribution is -2.44. The van der Waals surface area contributed by atoms with E-state index in [0.717, 1.165) is 12.5 Å². The Kier molecular flexibility index (Phi) is 5.14. The molecule has 0 spiro atoms. The van der Waals surface area contributed by atoms with Crippen LogP contribution in [0.15, 0.2) is 24.5 Å². The minimum Gasteiger partial charge on any atom is -0.310 e. The molecule has 18 heavy (non-hydrogen) atoms. The number of piperidine rings is 1. The molecule has 2 heterocycles. The zero-order valence-corrected chi connectivity index (χ0v) is 11.6. The van der Waals surface area contributed by atoms with E-state index in [0.29, 0.717) is 6.04 Å². The number of pyridine rings is 1. The fourth-order valence-corrected chi connectivity index (χ4v) is 2.73. The molecule has 0 amide bonds. The smallest absolute Gasteiger partial charge is 0.0271 e. The Bertz CT molecular complexity index is 339. The van der Waals surface area contributed by atoms with Crippen molar-refractivity contribution in [2.75, 3.05) is 19.6 Å². The van der Waals surface area contributed by atoms with E-state index in [1.54, 1.807) is 0 Å². The molecule has 0 saturated carbocycles. The van der Waals surface area contributed by atoms with Crippen molar-refractivity contribution in [3.05, 3.63) is 30.1 Å². The molecule has 3 heteroatoms. The zero-order chi connectivity index (χ0) is 12.8. The molecule has 1 aromatic rings. The highest BCUT2D eigenvalue weighted by Gasteiger charge is 2.23. The van der Waals surface area contributed by atoms with E-state index in [1.165, 1.54) is 38.0 Å². The molecule has 1 fully saturated rings. The largest absolute Gasteiger partial charge is 0.310 e. The highest BCUT2D eigenvalue weighted by Crippen LogP contribution is 2.19. The summed E-state index contributed by atoms with van der Waals surface area (Å²) in [6.07, 6.45) is 6.43. The van der Waals surface area contributed by atoms with Crippen LogP contribution in [0.4, 0.5) is 0 Å². The van der Waals surface area contributed by atoms with Crippen molar-refractivity contribution >= 4 is 0 Å². The average molecular weight is 247 g/mol. The molecule has 1 aliphatic heterocycles. The first-order valence-corrected chi connectivity index (χ1v) is 7.14. The maximum absolute atomic E-state index is 4.05. The molecule has 2 atom stereocenters. The minimum absolute atomic E-state index is 0.590. The van der Waals surface area contributed by atoms with E-state index >= 15 is 0 Å². The molecule has 1 N–H and O–H groups in total. The third kappa shape index (κ3) is 3.79. The summed E-state index contributed by atoms with van der Waals surface area (Å²) in [5.41, 5.74) is 1.32. The quantitative estimate of drug-likeness (QED) is 0.865. The van der Waals surface area contributed by atoms with E-state index < -0.39 is 0 Å². The van der Waals surface area contributed by atoms with Crippen molar-refractivity contribution < 1.29 is 0 Å². The summed E-state index contributed by atoms with van der Waals surface area (Å²) in [7, 11) is 0. The van der Waals surface area contributed by atoms with Gasteiger partial charge in [-0.25, -0.2) is 0 Å². The lowest BCUT2D eigenvalue weighted by atomic mass is 9.91. The third-order valence-corrected chi connectivity index (χ3v) is 4.07. The van der Waals surface area contributed by atoms with Crippen molar-refractivity contribution in [1.29, 1.82) is 0 Å². The number of hydrogen-bond acceptors (Lipinski definition) is 3. The molecule has 0 radical (unpaired) electrons. The number of hydrogen-bond donors (Lipinski definition) is 1. The summed E-state index contributed by atoms with van der Waals surface area (Å²) in [4.78, 5) is 6.62. The Balaban J connectivity index is 1.79. The topological polar surface area (TPSA) is 28.2 Å². The van der Waals surface area contributed by atoms with Crippen LogP contribution >= 0.6 is 0 Å². The van der Waals surface area contributed by atoms with E-state index in [-0.39, 0.29) is 0 Å². The van der Waals surface area contributed by atoms with Gasteiger partial charge in [-0.3, -0.25) is 4.98 Å². The van der Waals surface area contributed by atoms with Crippen molar-refractivity contribution in [2.45, 2.75) is 39.3 Å². The molecule has 2 unspecified atom stereocenters. The molecule has 3 nitrogen and oxygen atoms in total. The molecule has 1 saturated heterocycles. The predicted molar refractivity (Wildman–Crippen MR) is 75.4 cm³/mol. The molecular weight excluding hydrogens is 222 g/mol. The molecule has 1 aromatic heterocycles. The SMILES string of the molecule is CCN1CCCC(C(C)NCc2ccncc2)C1. The molecule has 1 aliphatic rings. The van der Waals surface area contributed by atoms with Crippen molar-refractivity contribution in [3.63, 3.8) is 0 Å². The van der Waals surface area contributed by atoms with Gasteiger partial charge in [-0.1, -0.05) is 6.92 Å². The third-order valence-electron chi connectivity index (χ3n) is 4.07. The van der Waals surface area contributed by atoms with Crippen LogP contribution in [0.25, 0.3) is 0 Å². The minimum atomic E-state index is 0.590. The highest BCUT2D eigenvalue weighted by atomic mass is 15.1. The normalized spacial score (nSPS) is 22.9. The van der Waals surface area contributed by atoms with E-state index in [9.17, 15) is 0 Å². The lowest BCUT2D eigenvalue weighted by Gasteiger charge is -2.35. The summed E-state index contributed by atoms with van der Waals surface area (Å²) < 4.78 is 0. The van der Waals surface area contributed by atoms with Gasteiger partial charge in [0.25, 0.3) is 0 Å². The Morgan fingerprint density at radius 2 is 2.22 bits per heavy atom. The maximum Gasteiger partial charge on any atom is 0.0271 e. The first-order valence-electron chi connectivity index (χ1n) is 7.14. The van der Waals surface area contributed by atoms with Gasteiger partial charge in [0.05, 0.1) is 0 Å². The number of likely N-dealkylation sites (tertiary alicyclic amines) is 1. The van der Waals surface area contributed by atoms with E-state index in [2.05, 4.69) is 41.2 Å². The van der Waals surface area contributed by atoms with Gasteiger partial charge in [-0.15, -0.1) is 0 Å². The summed E-state index contributed by atoms with van der Waals surface area (Å²) in [5, 5.41) is 3.66. The summed E-state index contributed by atoms with van der Waals surface area (Å²) in [6.45, 7) is 9.26. The Labute approximate surface area is 111 Å². The van der Waals surface area contributed by atoms with Gasteiger partial charge in [-0.2, -0.15) is 0 Å².